The van der Waals surface area contributed by atoms with Crippen molar-refractivity contribution in [1.82, 2.24) is 10.3 Å². The molecule has 1 aromatic heterocycles. The molecule has 28 heavy (non-hydrogen) atoms. The van der Waals surface area contributed by atoms with E-state index in [0.717, 1.165) is 24.3 Å². The van der Waals surface area contributed by atoms with Crippen molar-refractivity contribution in [3.8, 4) is 11.1 Å². The van der Waals surface area contributed by atoms with Gasteiger partial charge in [0.2, 0.25) is 0 Å². The number of amides is 1. The molecule has 5 nitrogen and oxygen atoms in total. The lowest BCUT2D eigenvalue weighted by atomic mass is 10.0. The normalized spacial score (nSPS) is 11.9. The van der Waals surface area contributed by atoms with Gasteiger partial charge in [-0.15, -0.1) is 12.4 Å². The molecule has 0 fully saturated rings. The van der Waals surface area contributed by atoms with E-state index in [1.165, 1.54) is 12.1 Å². The fraction of sp³-hybridized carbons (Fsp3) is 0.250. The molecule has 0 aliphatic rings. The fourth-order valence-corrected chi connectivity index (χ4v) is 2.94. The molecule has 0 saturated carbocycles. The number of H-pyrrole nitrogens is 1. The van der Waals surface area contributed by atoms with E-state index in [9.17, 15) is 13.6 Å². The average Bonchev–Trinajstić information content (AvgIpc) is 3.07. The highest BCUT2D eigenvalue weighted by atomic mass is 35.5. The third kappa shape index (κ3) is 5.07. The molecule has 0 saturated heterocycles. The Balaban J connectivity index is 0.00000280. The van der Waals surface area contributed by atoms with Crippen LogP contribution in [0.2, 0.25) is 0 Å². The van der Waals surface area contributed by atoms with Crippen molar-refractivity contribution in [3.63, 3.8) is 0 Å². The summed E-state index contributed by atoms with van der Waals surface area (Å²) in [6, 6.07) is 10.3. The van der Waals surface area contributed by atoms with Gasteiger partial charge in [0.05, 0.1) is 0 Å². The highest BCUT2D eigenvalue weighted by Crippen LogP contribution is 2.27. The summed E-state index contributed by atoms with van der Waals surface area (Å²) in [4.78, 5) is 15.3. The van der Waals surface area contributed by atoms with E-state index in [0.29, 0.717) is 35.4 Å². The van der Waals surface area contributed by atoms with Crippen LogP contribution in [0.25, 0.3) is 22.0 Å². The van der Waals surface area contributed by atoms with Crippen LogP contribution in [0.15, 0.2) is 42.5 Å². The van der Waals surface area contributed by atoms with E-state index in [-0.39, 0.29) is 24.4 Å². The molecule has 3 rings (SSSR count). The number of aromatic amines is 1. The zero-order chi connectivity index (χ0) is 19.4. The van der Waals surface area contributed by atoms with Crippen LogP contribution in [0, 0.1) is 11.6 Å². The molecular weight excluding hydrogens is 386 g/mol. The van der Waals surface area contributed by atoms with Crippen molar-refractivity contribution < 1.29 is 13.6 Å². The molecule has 6 N–H and O–H groups in total. The van der Waals surface area contributed by atoms with Crippen molar-refractivity contribution in [2.24, 2.45) is 11.5 Å². The van der Waals surface area contributed by atoms with Crippen LogP contribution >= 0.6 is 12.4 Å². The molecular formula is C20H23ClF2N4O. The van der Waals surface area contributed by atoms with Crippen LogP contribution in [0.1, 0.15) is 23.3 Å². The number of hydrogen-bond donors (Lipinski definition) is 4. The van der Waals surface area contributed by atoms with Crippen molar-refractivity contribution in [1.29, 1.82) is 0 Å². The molecule has 0 bridgehead atoms. The van der Waals surface area contributed by atoms with E-state index >= 15 is 0 Å². The van der Waals surface area contributed by atoms with Crippen LogP contribution in [-0.2, 0) is 0 Å². The topological polar surface area (TPSA) is 96.9 Å². The molecule has 0 spiro atoms. The minimum Gasteiger partial charge on any atom is -0.351 e. The van der Waals surface area contributed by atoms with Gasteiger partial charge in [0.1, 0.15) is 17.3 Å². The predicted octanol–water partition coefficient (Wildman–Crippen LogP) is 3.33. The smallest absolute Gasteiger partial charge is 0.267 e. The second-order valence-corrected chi connectivity index (χ2v) is 6.51. The van der Waals surface area contributed by atoms with Gasteiger partial charge in [0, 0.05) is 35.1 Å². The Morgan fingerprint density at radius 2 is 1.93 bits per heavy atom. The van der Waals surface area contributed by atoms with Gasteiger partial charge in [-0.05, 0) is 49.2 Å². The minimum absolute atomic E-state index is 0. The summed E-state index contributed by atoms with van der Waals surface area (Å²) in [5, 5.41) is 3.61. The molecule has 3 aromatic rings. The number of carbonyl (C=O) groups is 1. The standard InChI is InChI=1S/C20H22F2N4O.ClH/c21-14-5-6-16(17(22)10-14)12-3-4-13-9-19(26-18(13)8-12)20(27)25-11-15(24)2-1-7-23;/h3-6,8-10,15,26H,1-2,7,11,23-24H2,(H,25,27);1H. The number of carbonyl (C=O) groups excluding carboxylic acids is 1. The first-order chi connectivity index (χ1) is 13.0. The second-order valence-electron chi connectivity index (χ2n) is 6.51. The summed E-state index contributed by atoms with van der Waals surface area (Å²) >= 11 is 0. The summed E-state index contributed by atoms with van der Waals surface area (Å²) < 4.78 is 27.1. The number of nitrogens with two attached hydrogens (primary N) is 2. The van der Waals surface area contributed by atoms with E-state index in [1.54, 1.807) is 24.3 Å². The molecule has 1 atom stereocenters. The Labute approximate surface area is 167 Å². The van der Waals surface area contributed by atoms with E-state index in [4.69, 9.17) is 11.5 Å². The molecule has 1 heterocycles. The predicted molar refractivity (Wildman–Crippen MR) is 109 cm³/mol. The number of halogens is 3. The molecule has 150 valence electrons. The first-order valence-corrected chi connectivity index (χ1v) is 8.80. The van der Waals surface area contributed by atoms with Crippen molar-refractivity contribution in [2.45, 2.75) is 18.9 Å². The highest BCUT2D eigenvalue weighted by molar-refractivity contribution is 5.98. The van der Waals surface area contributed by atoms with Gasteiger partial charge in [-0.3, -0.25) is 4.79 Å². The minimum atomic E-state index is -0.634. The first-order valence-electron chi connectivity index (χ1n) is 8.80. The van der Waals surface area contributed by atoms with Crippen LogP contribution in [-0.4, -0.2) is 30.0 Å². The van der Waals surface area contributed by atoms with Crippen molar-refractivity contribution in [3.05, 3.63) is 59.8 Å². The molecule has 1 unspecified atom stereocenters. The van der Waals surface area contributed by atoms with Gasteiger partial charge in [0.25, 0.3) is 5.91 Å². The number of fused-ring (bicyclic) bond motifs is 1. The van der Waals surface area contributed by atoms with Gasteiger partial charge >= 0.3 is 0 Å². The molecule has 8 heteroatoms. The lowest BCUT2D eigenvalue weighted by Crippen LogP contribution is -2.37. The molecule has 0 aliphatic carbocycles. The Hall–Kier alpha value is -2.48. The van der Waals surface area contributed by atoms with Gasteiger partial charge in [-0.1, -0.05) is 12.1 Å². The number of nitrogens with one attached hydrogen (secondary N) is 2. The fourth-order valence-electron chi connectivity index (χ4n) is 2.94. The van der Waals surface area contributed by atoms with E-state index in [2.05, 4.69) is 10.3 Å². The third-order valence-corrected chi connectivity index (χ3v) is 4.41. The van der Waals surface area contributed by atoms with Crippen LogP contribution in [0.3, 0.4) is 0 Å². The monoisotopic (exact) mass is 408 g/mol. The lowest BCUT2D eigenvalue weighted by molar-refractivity contribution is 0.0946. The Morgan fingerprint density at radius 1 is 1.14 bits per heavy atom. The maximum atomic E-state index is 14.0. The zero-order valence-electron chi connectivity index (χ0n) is 15.2. The third-order valence-electron chi connectivity index (χ3n) is 4.41. The van der Waals surface area contributed by atoms with Crippen LogP contribution in [0.5, 0.6) is 0 Å². The Morgan fingerprint density at radius 3 is 2.64 bits per heavy atom. The molecule has 0 radical (unpaired) electrons. The van der Waals surface area contributed by atoms with Crippen LogP contribution < -0.4 is 16.8 Å². The van der Waals surface area contributed by atoms with Gasteiger partial charge < -0.3 is 21.8 Å². The Kier molecular flexibility index (Phi) is 7.51. The summed E-state index contributed by atoms with van der Waals surface area (Å²) in [5.41, 5.74) is 13.4. The summed E-state index contributed by atoms with van der Waals surface area (Å²) in [6.07, 6.45) is 1.56. The van der Waals surface area contributed by atoms with E-state index < -0.39 is 11.6 Å². The van der Waals surface area contributed by atoms with Gasteiger partial charge in [-0.2, -0.15) is 0 Å². The molecule has 2 aromatic carbocycles. The lowest BCUT2D eigenvalue weighted by Gasteiger charge is -2.11. The summed E-state index contributed by atoms with van der Waals surface area (Å²) in [6.45, 7) is 0.931. The zero-order valence-corrected chi connectivity index (χ0v) is 16.0. The number of benzene rings is 2. The maximum absolute atomic E-state index is 14.0. The van der Waals surface area contributed by atoms with Gasteiger partial charge in [-0.25, -0.2) is 8.78 Å². The SMILES string of the molecule is Cl.NCCCC(N)CNC(=O)c1cc2ccc(-c3ccc(F)cc3F)cc2[nH]1. The summed E-state index contributed by atoms with van der Waals surface area (Å²) in [7, 11) is 0. The molecule has 0 aliphatic heterocycles. The van der Waals surface area contributed by atoms with Gasteiger partial charge in [0.15, 0.2) is 0 Å². The van der Waals surface area contributed by atoms with Crippen molar-refractivity contribution in [2.75, 3.05) is 13.1 Å². The van der Waals surface area contributed by atoms with E-state index in [1.807, 2.05) is 0 Å². The largest absolute Gasteiger partial charge is 0.351 e. The highest BCUT2D eigenvalue weighted by Gasteiger charge is 2.13. The maximum Gasteiger partial charge on any atom is 0.267 e. The second kappa shape index (κ2) is 9.64. The Bertz CT molecular complexity index is 961. The average molecular weight is 409 g/mol. The number of rotatable bonds is 7. The number of hydrogen-bond acceptors (Lipinski definition) is 3. The molecule has 1 amide bonds. The number of aromatic nitrogens is 1. The van der Waals surface area contributed by atoms with Crippen molar-refractivity contribution >= 4 is 29.2 Å². The first kappa shape index (κ1) is 21.8. The van der Waals surface area contributed by atoms with Crippen LogP contribution in [0.4, 0.5) is 8.78 Å². The summed E-state index contributed by atoms with van der Waals surface area (Å²) in [5.74, 6) is -1.52. The quantitative estimate of drug-likeness (QED) is 0.482.